The SMILES string of the molecule is [B].[B].c1ccc(P(c2ccccc2)[C@H]2CCC[C@H]2[C@@H]2CCC[C@@H]2P(c2ccccc2)c2ccccc2)cc1. The van der Waals surface area contributed by atoms with E-state index in [4.69, 9.17) is 0 Å². The van der Waals surface area contributed by atoms with Gasteiger partial charge in [-0.15, -0.1) is 0 Å². The van der Waals surface area contributed by atoms with E-state index in [0.29, 0.717) is 0 Å². The zero-order valence-electron chi connectivity index (χ0n) is 22.1. The Morgan fingerprint density at radius 2 is 0.632 bits per heavy atom. The summed E-state index contributed by atoms with van der Waals surface area (Å²) in [6.45, 7) is 0. The molecule has 2 fully saturated rings. The predicted molar refractivity (Wildman–Crippen MR) is 172 cm³/mol. The van der Waals surface area contributed by atoms with Gasteiger partial charge in [0.15, 0.2) is 0 Å². The summed E-state index contributed by atoms with van der Waals surface area (Å²) in [7, 11) is -0.694. The smallest absolute Gasteiger partial charge is 0 e. The fourth-order valence-electron chi connectivity index (χ4n) is 7.00. The minimum Gasteiger partial charge on any atom is -0.0622 e. The minimum absolute atomic E-state index is 0. The third kappa shape index (κ3) is 6.03. The van der Waals surface area contributed by atoms with Gasteiger partial charge in [0, 0.05) is 16.8 Å². The molecule has 0 heterocycles. The van der Waals surface area contributed by atoms with Crippen LogP contribution in [-0.4, -0.2) is 28.1 Å². The maximum Gasteiger partial charge on any atom is 0 e. The average molecular weight is 528 g/mol. The molecular formula is C34H36B2P2. The highest BCUT2D eigenvalue weighted by molar-refractivity contribution is 7.74. The second kappa shape index (κ2) is 13.8. The predicted octanol–water partition coefficient (Wildman–Crippen LogP) is 6.83. The Bertz CT molecular complexity index is 1040. The molecule has 188 valence electrons. The van der Waals surface area contributed by atoms with Crippen molar-refractivity contribution >= 4 is 53.9 Å². The molecular weight excluding hydrogens is 492 g/mol. The van der Waals surface area contributed by atoms with Crippen LogP contribution in [0.3, 0.4) is 0 Å². The maximum absolute atomic E-state index is 2.40. The van der Waals surface area contributed by atoms with Crippen molar-refractivity contribution in [2.45, 2.75) is 49.8 Å². The second-order valence-corrected chi connectivity index (χ2v) is 15.3. The van der Waals surface area contributed by atoms with Crippen LogP contribution in [0.4, 0.5) is 0 Å². The van der Waals surface area contributed by atoms with Crippen molar-refractivity contribution < 1.29 is 0 Å². The fraction of sp³-hybridized carbons (Fsp3) is 0.294. The van der Waals surface area contributed by atoms with Crippen molar-refractivity contribution in [1.82, 2.24) is 0 Å². The first-order valence-electron chi connectivity index (χ1n) is 13.7. The van der Waals surface area contributed by atoms with E-state index in [1.54, 1.807) is 21.2 Å². The molecule has 0 spiro atoms. The maximum atomic E-state index is 2.40. The van der Waals surface area contributed by atoms with Crippen LogP contribution in [0.2, 0.25) is 0 Å². The van der Waals surface area contributed by atoms with E-state index < -0.39 is 0 Å². The Morgan fingerprint density at radius 1 is 0.368 bits per heavy atom. The van der Waals surface area contributed by atoms with Gasteiger partial charge in [0.1, 0.15) is 0 Å². The van der Waals surface area contributed by atoms with E-state index in [0.717, 1.165) is 23.2 Å². The first-order valence-corrected chi connectivity index (χ1v) is 16.5. The van der Waals surface area contributed by atoms with Crippen molar-refractivity contribution in [3.8, 4) is 0 Å². The van der Waals surface area contributed by atoms with Gasteiger partial charge in [-0.05, 0) is 85.9 Å². The van der Waals surface area contributed by atoms with Gasteiger partial charge in [0.25, 0.3) is 0 Å². The van der Waals surface area contributed by atoms with Crippen molar-refractivity contribution in [2.75, 3.05) is 0 Å². The quantitative estimate of drug-likeness (QED) is 0.182. The van der Waals surface area contributed by atoms with Crippen LogP contribution in [0.25, 0.3) is 0 Å². The molecule has 0 aliphatic heterocycles. The highest BCUT2D eigenvalue weighted by Gasteiger charge is 2.46. The topological polar surface area (TPSA) is 0 Å². The lowest BCUT2D eigenvalue weighted by atomic mass is 9.89. The molecule has 2 aliphatic carbocycles. The Kier molecular flexibility index (Phi) is 10.5. The molecule has 4 aromatic rings. The molecule has 0 bridgehead atoms. The highest BCUT2D eigenvalue weighted by atomic mass is 31.1. The van der Waals surface area contributed by atoms with Gasteiger partial charge in [-0.2, -0.15) is 0 Å². The molecule has 6 rings (SSSR count). The monoisotopic (exact) mass is 528 g/mol. The molecule has 4 atom stereocenters. The van der Waals surface area contributed by atoms with E-state index in [9.17, 15) is 0 Å². The molecule has 6 radical (unpaired) electrons. The Balaban J connectivity index is 0.00000168. The van der Waals surface area contributed by atoms with Gasteiger partial charge < -0.3 is 0 Å². The number of benzene rings is 4. The molecule has 4 aromatic carbocycles. The average Bonchev–Trinajstić information content (AvgIpc) is 3.62. The van der Waals surface area contributed by atoms with Crippen LogP contribution in [0, 0.1) is 11.8 Å². The molecule has 0 unspecified atom stereocenters. The third-order valence-corrected chi connectivity index (χ3v) is 14.4. The first-order chi connectivity index (χ1) is 17.9. The number of hydrogen-bond acceptors (Lipinski definition) is 0. The van der Waals surface area contributed by atoms with Gasteiger partial charge in [-0.3, -0.25) is 0 Å². The third-order valence-electron chi connectivity index (χ3n) is 8.41. The van der Waals surface area contributed by atoms with E-state index in [2.05, 4.69) is 121 Å². The van der Waals surface area contributed by atoms with Crippen LogP contribution < -0.4 is 21.2 Å². The summed E-state index contributed by atoms with van der Waals surface area (Å²) in [4.78, 5) is 0. The summed E-state index contributed by atoms with van der Waals surface area (Å²) in [5, 5.41) is 6.27. The number of hydrogen-bond donors (Lipinski definition) is 0. The van der Waals surface area contributed by atoms with Crippen molar-refractivity contribution in [2.24, 2.45) is 11.8 Å². The minimum atomic E-state index is -0.347. The molecule has 2 saturated carbocycles. The summed E-state index contributed by atoms with van der Waals surface area (Å²) in [5.74, 6) is 1.67. The lowest BCUT2D eigenvalue weighted by molar-refractivity contribution is 0.358. The lowest BCUT2D eigenvalue weighted by Gasteiger charge is -2.38. The molecule has 0 N–H and O–H groups in total. The molecule has 2 aliphatic rings. The van der Waals surface area contributed by atoms with Gasteiger partial charge in [-0.1, -0.05) is 134 Å². The van der Waals surface area contributed by atoms with E-state index in [1.165, 1.54) is 38.5 Å². The van der Waals surface area contributed by atoms with Gasteiger partial charge in [0.05, 0.1) is 0 Å². The lowest BCUT2D eigenvalue weighted by Crippen LogP contribution is -2.34. The standard InChI is InChI=1S/C34H36P2.2B/c1-5-15-27(16-6-1)35(28-17-7-2-8-18-28)33-25-13-23-31(33)32-24-14-26-34(32)36(29-19-9-3-10-20-29)30-21-11-4-12-22-30;;/h1-12,15-22,31-34H,13-14,23-26H2;;/t31-,32-,33-,34-;;/m0../s1. The van der Waals surface area contributed by atoms with E-state index >= 15 is 0 Å². The molecule has 0 amide bonds. The molecule has 38 heavy (non-hydrogen) atoms. The summed E-state index contributed by atoms with van der Waals surface area (Å²) in [6.07, 6.45) is 8.39. The summed E-state index contributed by atoms with van der Waals surface area (Å²) < 4.78 is 0. The van der Waals surface area contributed by atoms with E-state index in [1.807, 2.05) is 0 Å². The Labute approximate surface area is 236 Å². The highest BCUT2D eigenvalue weighted by Crippen LogP contribution is 2.59. The largest absolute Gasteiger partial charge is 0.0622 e. The van der Waals surface area contributed by atoms with Gasteiger partial charge >= 0.3 is 0 Å². The van der Waals surface area contributed by atoms with Crippen molar-refractivity contribution in [3.05, 3.63) is 121 Å². The van der Waals surface area contributed by atoms with Crippen LogP contribution in [-0.2, 0) is 0 Å². The van der Waals surface area contributed by atoms with Gasteiger partial charge in [0.2, 0.25) is 0 Å². The molecule has 0 aromatic heterocycles. The molecule has 0 saturated heterocycles. The Hall–Kier alpha value is -2.13. The van der Waals surface area contributed by atoms with E-state index in [-0.39, 0.29) is 32.7 Å². The Morgan fingerprint density at radius 3 is 0.895 bits per heavy atom. The fourth-order valence-corrected chi connectivity index (χ4v) is 13.5. The number of rotatable bonds is 7. The summed E-state index contributed by atoms with van der Waals surface area (Å²) in [5.41, 5.74) is 1.58. The summed E-state index contributed by atoms with van der Waals surface area (Å²) in [6, 6.07) is 45.9. The normalized spacial score (nSPS) is 22.7. The second-order valence-electron chi connectivity index (χ2n) is 10.4. The summed E-state index contributed by atoms with van der Waals surface area (Å²) >= 11 is 0. The van der Waals surface area contributed by atoms with Crippen molar-refractivity contribution in [1.29, 1.82) is 0 Å². The zero-order chi connectivity index (χ0) is 24.2. The van der Waals surface area contributed by atoms with Crippen LogP contribution >= 0.6 is 15.8 Å². The van der Waals surface area contributed by atoms with Crippen LogP contribution in [0.1, 0.15) is 38.5 Å². The zero-order valence-corrected chi connectivity index (χ0v) is 23.9. The molecule has 4 heteroatoms. The molecule has 0 nitrogen and oxygen atoms in total. The van der Waals surface area contributed by atoms with Crippen LogP contribution in [0.15, 0.2) is 121 Å². The van der Waals surface area contributed by atoms with Gasteiger partial charge in [-0.25, -0.2) is 0 Å². The van der Waals surface area contributed by atoms with Crippen molar-refractivity contribution in [3.63, 3.8) is 0 Å². The first kappa shape index (κ1) is 28.9. The van der Waals surface area contributed by atoms with Crippen LogP contribution in [0.5, 0.6) is 0 Å².